The summed E-state index contributed by atoms with van der Waals surface area (Å²) in [6.45, 7) is 5.87. The molecule has 2 N–H and O–H groups in total. The molecule has 7 nitrogen and oxygen atoms in total. The molecular formula is C18H20N4O3. The number of hydrazone groups is 1. The van der Waals surface area contributed by atoms with Crippen LogP contribution in [-0.2, 0) is 0 Å². The Morgan fingerprint density at radius 2 is 2.04 bits per heavy atom. The zero-order chi connectivity index (χ0) is 18.1. The molecule has 1 aromatic carbocycles. The summed E-state index contributed by atoms with van der Waals surface area (Å²) >= 11 is 0. The molecule has 0 fully saturated rings. The number of anilines is 1. The number of nitrogens with zero attached hydrogens (tertiary/aromatic N) is 3. The fourth-order valence-corrected chi connectivity index (χ4v) is 3.04. The van der Waals surface area contributed by atoms with Crippen LogP contribution < -0.4 is 11.0 Å². The van der Waals surface area contributed by atoms with E-state index in [2.05, 4.69) is 15.5 Å². The van der Waals surface area contributed by atoms with Gasteiger partial charge in [0.15, 0.2) is 5.82 Å². The number of rotatable bonds is 3. The van der Waals surface area contributed by atoms with Gasteiger partial charge < -0.3 is 5.11 Å². The van der Waals surface area contributed by atoms with Crippen molar-refractivity contribution in [2.75, 3.05) is 5.43 Å². The molecule has 0 aliphatic carbocycles. The zero-order valence-corrected chi connectivity index (χ0v) is 14.4. The summed E-state index contributed by atoms with van der Waals surface area (Å²) in [6, 6.07) is 5.85. The summed E-state index contributed by atoms with van der Waals surface area (Å²) in [7, 11) is 0. The second-order valence-electron chi connectivity index (χ2n) is 6.30. The molecule has 25 heavy (non-hydrogen) atoms. The lowest BCUT2D eigenvalue weighted by atomic mass is 10.0. The van der Waals surface area contributed by atoms with E-state index in [4.69, 9.17) is 5.11 Å². The van der Waals surface area contributed by atoms with E-state index in [0.717, 1.165) is 23.0 Å². The van der Waals surface area contributed by atoms with E-state index in [1.165, 1.54) is 4.57 Å². The normalized spacial score (nSPS) is 18.0. The number of benzene rings is 1. The quantitative estimate of drug-likeness (QED) is 0.838. The fraction of sp³-hybridized carbons (Fsp3) is 0.333. The van der Waals surface area contributed by atoms with Crippen molar-refractivity contribution < 1.29 is 9.90 Å². The van der Waals surface area contributed by atoms with Gasteiger partial charge in [-0.2, -0.15) is 5.10 Å². The summed E-state index contributed by atoms with van der Waals surface area (Å²) in [5.41, 5.74) is 5.93. The smallest absolute Gasteiger partial charge is 0.342 e. The second kappa shape index (κ2) is 6.51. The van der Waals surface area contributed by atoms with Crippen molar-refractivity contribution in [1.29, 1.82) is 0 Å². The predicted octanol–water partition coefficient (Wildman–Crippen LogP) is 2.73. The first-order valence-corrected chi connectivity index (χ1v) is 8.14. The number of aromatic nitrogens is 2. The van der Waals surface area contributed by atoms with E-state index in [9.17, 15) is 9.59 Å². The molecule has 0 bridgehead atoms. The first-order valence-electron chi connectivity index (χ1n) is 8.14. The van der Waals surface area contributed by atoms with Crippen LogP contribution in [0.5, 0.6) is 0 Å². The third-order valence-electron chi connectivity index (χ3n) is 4.51. The van der Waals surface area contributed by atoms with Crippen LogP contribution in [-0.4, -0.2) is 26.3 Å². The third-order valence-corrected chi connectivity index (χ3v) is 4.51. The van der Waals surface area contributed by atoms with Gasteiger partial charge in [-0.3, -0.25) is 14.8 Å². The number of aryl methyl sites for hydroxylation is 2. The molecule has 1 unspecified atom stereocenters. The Bertz CT molecular complexity index is 910. The summed E-state index contributed by atoms with van der Waals surface area (Å²) in [5.74, 6) is -0.842. The Morgan fingerprint density at radius 1 is 1.36 bits per heavy atom. The Hall–Kier alpha value is -2.96. The minimum atomic E-state index is -1.27. The minimum absolute atomic E-state index is 0.117. The third kappa shape index (κ3) is 3.05. The molecule has 0 saturated heterocycles. The van der Waals surface area contributed by atoms with Crippen molar-refractivity contribution in [2.24, 2.45) is 5.10 Å². The number of hydrogen-bond acceptors (Lipinski definition) is 5. The molecule has 1 aromatic heterocycles. The van der Waals surface area contributed by atoms with Crippen LogP contribution in [0.3, 0.4) is 0 Å². The van der Waals surface area contributed by atoms with E-state index < -0.39 is 11.5 Å². The number of carboxylic acid groups (broad SMARTS) is 1. The molecule has 7 heteroatoms. The molecule has 3 rings (SSSR count). The molecule has 130 valence electrons. The van der Waals surface area contributed by atoms with Gasteiger partial charge in [-0.1, -0.05) is 18.2 Å². The molecule has 1 atom stereocenters. The van der Waals surface area contributed by atoms with Crippen molar-refractivity contribution >= 4 is 17.4 Å². The molecule has 2 aromatic rings. The number of carboxylic acids is 1. The van der Waals surface area contributed by atoms with Crippen molar-refractivity contribution in [1.82, 2.24) is 9.55 Å². The van der Waals surface area contributed by atoms with Crippen LogP contribution in [0.2, 0.25) is 0 Å². The number of carbonyl (C=O) groups is 1. The molecular weight excluding hydrogens is 320 g/mol. The molecule has 0 spiro atoms. The summed E-state index contributed by atoms with van der Waals surface area (Å²) in [5, 5.41) is 13.6. The lowest BCUT2D eigenvalue weighted by Gasteiger charge is -2.25. The first-order chi connectivity index (χ1) is 11.9. The summed E-state index contributed by atoms with van der Waals surface area (Å²) in [6.07, 6.45) is 2.48. The van der Waals surface area contributed by atoms with Gasteiger partial charge in [0.1, 0.15) is 11.3 Å². The monoisotopic (exact) mass is 340 g/mol. The van der Waals surface area contributed by atoms with E-state index in [1.54, 1.807) is 0 Å². The van der Waals surface area contributed by atoms with Gasteiger partial charge >= 0.3 is 5.97 Å². The average molecular weight is 340 g/mol. The first kappa shape index (κ1) is 16.9. The summed E-state index contributed by atoms with van der Waals surface area (Å²) < 4.78 is 1.43. The maximum atomic E-state index is 12.5. The van der Waals surface area contributed by atoms with Crippen LogP contribution in [0, 0.1) is 13.8 Å². The minimum Gasteiger partial charge on any atom is -0.477 e. The highest BCUT2D eigenvalue weighted by atomic mass is 16.4. The maximum Gasteiger partial charge on any atom is 0.342 e. The van der Waals surface area contributed by atoms with Gasteiger partial charge in [0.05, 0.1) is 5.69 Å². The van der Waals surface area contributed by atoms with Crippen LogP contribution in [0.4, 0.5) is 5.69 Å². The molecule has 0 amide bonds. The van der Waals surface area contributed by atoms with Gasteiger partial charge in [0.25, 0.3) is 5.56 Å². The molecule has 1 aliphatic rings. The lowest BCUT2D eigenvalue weighted by Crippen LogP contribution is -2.37. The number of nitrogens with one attached hydrogen (secondary N) is 1. The molecule has 1 aliphatic heterocycles. The Morgan fingerprint density at radius 3 is 2.68 bits per heavy atom. The standard InChI is InChI=1S/C18H20N4O3/c1-10-5-4-6-11(2)15(10)21-20-14-8-7-12(3)22-16(14)19-9-13(17(22)23)18(24)25/h4-6,9,12,21H,7-8H2,1-3H3,(H,24,25)/b20-14+. The van der Waals surface area contributed by atoms with E-state index in [0.29, 0.717) is 24.4 Å². The van der Waals surface area contributed by atoms with Gasteiger partial charge in [-0.25, -0.2) is 9.78 Å². The van der Waals surface area contributed by atoms with Crippen LogP contribution in [0.15, 0.2) is 34.3 Å². The maximum absolute atomic E-state index is 12.5. The highest BCUT2D eigenvalue weighted by Gasteiger charge is 2.26. The van der Waals surface area contributed by atoms with Crippen LogP contribution in [0.1, 0.15) is 53.1 Å². The van der Waals surface area contributed by atoms with Crippen molar-refractivity contribution in [2.45, 2.75) is 39.7 Å². The number of aromatic carboxylic acids is 1. The van der Waals surface area contributed by atoms with Gasteiger partial charge in [-0.15, -0.1) is 0 Å². The van der Waals surface area contributed by atoms with Crippen LogP contribution in [0.25, 0.3) is 0 Å². The van der Waals surface area contributed by atoms with Crippen LogP contribution >= 0.6 is 0 Å². The molecule has 0 saturated carbocycles. The number of para-hydroxylation sites is 1. The van der Waals surface area contributed by atoms with Gasteiger partial charge in [0.2, 0.25) is 0 Å². The SMILES string of the molecule is Cc1cccc(C)c1N/N=C1\CCC(C)n2c1ncc(C(=O)O)c2=O. The average Bonchev–Trinajstić information content (AvgIpc) is 2.56. The highest BCUT2D eigenvalue weighted by molar-refractivity contribution is 5.99. The Labute approximate surface area is 145 Å². The van der Waals surface area contributed by atoms with E-state index >= 15 is 0 Å². The molecule has 2 heterocycles. The second-order valence-corrected chi connectivity index (χ2v) is 6.30. The van der Waals surface area contributed by atoms with E-state index in [1.807, 2.05) is 39.0 Å². The highest BCUT2D eigenvalue weighted by Crippen LogP contribution is 2.23. The largest absolute Gasteiger partial charge is 0.477 e. The number of hydrogen-bond donors (Lipinski definition) is 2. The predicted molar refractivity (Wildman–Crippen MR) is 95.5 cm³/mol. The topological polar surface area (TPSA) is 96.6 Å². The lowest BCUT2D eigenvalue weighted by molar-refractivity contribution is 0.0693. The van der Waals surface area contributed by atoms with Crippen molar-refractivity contribution in [3.63, 3.8) is 0 Å². The van der Waals surface area contributed by atoms with Crippen molar-refractivity contribution in [3.05, 3.63) is 57.3 Å². The fourth-order valence-electron chi connectivity index (χ4n) is 3.04. The zero-order valence-electron chi connectivity index (χ0n) is 14.4. The Balaban J connectivity index is 2.04. The summed E-state index contributed by atoms with van der Waals surface area (Å²) in [4.78, 5) is 27.8. The van der Waals surface area contributed by atoms with E-state index in [-0.39, 0.29) is 11.6 Å². The Kier molecular flexibility index (Phi) is 4.39. The molecule has 0 radical (unpaired) electrons. The van der Waals surface area contributed by atoms with Crippen molar-refractivity contribution in [3.8, 4) is 0 Å². The van der Waals surface area contributed by atoms with Gasteiger partial charge in [0, 0.05) is 12.2 Å². The number of fused-ring (bicyclic) bond motifs is 1. The van der Waals surface area contributed by atoms with Gasteiger partial charge in [-0.05, 0) is 44.7 Å².